The lowest BCUT2D eigenvalue weighted by Crippen LogP contribution is -2.31. The summed E-state index contributed by atoms with van der Waals surface area (Å²) in [7, 11) is 2.22. The molecule has 0 aromatic carbocycles. The highest BCUT2D eigenvalue weighted by Crippen LogP contribution is 2.19. The number of nitrogens with one attached hydrogen (secondary N) is 2. The Kier molecular flexibility index (Phi) is 4.33. The standard InChI is InChI=1S/C16H24N4/c1-20-9-5-13(6-10-20)4-8-17-11-14-12-19-16-15(14)3-2-7-18-16/h2-3,7,12-13,17H,4-6,8-11H2,1H3,(H,18,19). The molecule has 1 fully saturated rings. The monoisotopic (exact) mass is 272 g/mol. The molecule has 4 heteroatoms. The van der Waals surface area contributed by atoms with E-state index in [1.165, 1.54) is 43.3 Å². The number of likely N-dealkylation sites (tertiary alicyclic amines) is 1. The Bertz CT molecular complexity index is 540. The van der Waals surface area contributed by atoms with Crippen molar-refractivity contribution in [3.05, 3.63) is 30.1 Å². The van der Waals surface area contributed by atoms with Crippen molar-refractivity contribution in [1.82, 2.24) is 20.2 Å². The maximum atomic E-state index is 4.32. The van der Waals surface area contributed by atoms with E-state index in [0.717, 1.165) is 24.7 Å². The molecule has 1 saturated heterocycles. The van der Waals surface area contributed by atoms with E-state index >= 15 is 0 Å². The first-order chi connectivity index (χ1) is 9.83. The molecule has 2 aromatic heterocycles. The van der Waals surface area contributed by atoms with Crippen molar-refractivity contribution in [2.45, 2.75) is 25.8 Å². The molecule has 0 atom stereocenters. The summed E-state index contributed by atoms with van der Waals surface area (Å²) >= 11 is 0. The Labute approximate surface area is 120 Å². The van der Waals surface area contributed by atoms with E-state index in [-0.39, 0.29) is 0 Å². The summed E-state index contributed by atoms with van der Waals surface area (Å²) in [5, 5.41) is 4.81. The Morgan fingerprint density at radius 2 is 2.25 bits per heavy atom. The summed E-state index contributed by atoms with van der Waals surface area (Å²) in [6.45, 7) is 4.57. The lowest BCUT2D eigenvalue weighted by atomic mass is 9.94. The third-order valence-electron chi connectivity index (χ3n) is 4.42. The van der Waals surface area contributed by atoms with Gasteiger partial charge in [0.15, 0.2) is 0 Å². The fourth-order valence-corrected chi connectivity index (χ4v) is 3.04. The number of rotatable bonds is 5. The molecule has 20 heavy (non-hydrogen) atoms. The minimum atomic E-state index is 0.906. The maximum Gasteiger partial charge on any atom is 0.137 e. The molecule has 4 nitrogen and oxygen atoms in total. The van der Waals surface area contributed by atoms with Crippen LogP contribution in [-0.4, -0.2) is 41.5 Å². The van der Waals surface area contributed by atoms with Gasteiger partial charge in [0.25, 0.3) is 0 Å². The first kappa shape index (κ1) is 13.6. The van der Waals surface area contributed by atoms with Gasteiger partial charge in [0.2, 0.25) is 0 Å². The SMILES string of the molecule is CN1CCC(CCNCc2c[nH]c3ncccc23)CC1. The van der Waals surface area contributed by atoms with E-state index in [4.69, 9.17) is 0 Å². The summed E-state index contributed by atoms with van der Waals surface area (Å²) in [6.07, 6.45) is 7.91. The number of hydrogen-bond donors (Lipinski definition) is 2. The van der Waals surface area contributed by atoms with Crippen molar-refractivity contribution in [2.75, 3.05) is 26.7 Å². The molecule has 0 radical (unpaired) electrons. The number of H-pyrrole nitrogens is 1. The van der Waals surface area contributed by atoms with Crippen LogP contribution in [0.3, 0.4) is 0 Å². The highest BCUT2D eigenvalue weighted by molar-refractivity contribution is 5.79. The van der Waals surface area contributed by atoms with E-state index in [2.05, 4.69) is 39.5 Å². The van der Waals surface area contributed by atoms with Crippen LogP contribution in [0.2, 0.25) is 0 Å². The van der Waals surface area contributed by atoms with Crippen molar-refractivity contribution in [3.63, 3.8) is 0 Å². The van der Waals surface area contributed by atoms with Crippen LogP contribution < -0.4 is 5.32 Å². The highest BCUT2D eigenvalue weighted by atomic mass is 15.1. The third kappa shape index (κ3) is 3.19. The van der Waals surface area contributed by atoms with E-state index in [1.807, 2.05) is 12.3 Å². The molecule has 0 saturated carbocycles. The number of hydrogen-bond acceptors (Lipinski definition) is 3. The van der Waals surface area contributed by atoms with Gasteiger partial charge in [-0.05, 0) is 69.6 Å². The average Bonchev–Trinajstić information content (AvgIpc) is 2.89. The number of aromatic amines is 1. The fraction of sp³-hybridized carbons (Fsp3) is 0.562. The Morgan fingerprint density at radius 3 is 3.10 bits per heavy atom. The first-order valence-electron chi connectivity index (χ1n) is 7.63. The van der Waals surface area contributed by atoms with Gasteiger partial charge < -0.3 is 15.2 Å². The largest absolute Gasteiger partial charge is 0.346 e. The zero-order valence-corrected chi connectivity index (χ0v) is 12.2. The molecular weight excluding hydrogens is 248 g/mol. The van der Waals surface area contributed by atoms with E-state index in [0.29, 0.717) is 0 Å². The molecule has 0 bridgehead atoms. The second kappa shape index (κ2) is 6.37. The number of aromatic nitrogens is 2. The molecule has 0 amide bonds. The number of piperidine rings is 1. The van der Waals surface area contributed by atoms with Crippen LogP contribution >= 0.6 is 0 Å². The molecule has 0 unspecified atom stereocenters. The van der Waals surface area contributed by atoms with E-state index in [9.17, 15) is 0 Å². The van der Waals surface area contributed by atoms with Crippen molar-refractivity contribution in [2.24, 2.45) is 5.92 Å². The molecule has 2 aromatic rings. The van der Waals surface area contributed by atoms with Gasteiger partial charge in [0.05, 0.1) is 0 Å². The molecule has 1 aliphatic rings. The van der Waals surface area contributed by atoms with Gasteiger partial charge in [-0.1, -0.05) is 0 Å². The van der Waals surface area contributed by atoms with Crippen molar-refractivity contribution in [3.8, 4) is 0 Å². The van der Waals surface area contributed by atoms with Gasteiger partial charge in [-0.3, -0.25) is 0 Å². The molecule has 0 spiro atoms. The quantitative estimate of drug-likeness (QED) is 0.821. The first-order valence-corrected chi connectivity index (χ1v) is 7.63. The topological polar surface area (TPSA) is 44.0 Å². The van der Waals surface area contributed by atoms with Crippen molar-refractivity contribution < 1.29 is 0 Å². The van der Waals surface area contributed by atoms with Gasteiger partial charge in [-0.25, -0.2) is 4.98 Å². The lowest BCUT2D eigenvalue weighted by molar-refractivity contribution is 0.211. The number of pyridine rings is 1. The van der Waals surface area contributed by atoms with Crippen LogP contribution in [0.5, 0.6) is 0 Å². The van der Waals surface area contributed by atoms with Crippen LogP contribution in [0.1, 0.15) is 24.8 Å². The molecule has 3 rings (SSSR count). The minimum Gasteiger partial charge on any atom is -0.346 e. The zero-order chi connectivity index (χ0) is 13.8. The second-order valence-corrected chi connectivity index (χ2v) is 5.93. The van der Waals surface area contributed by atoms with Gasteiger partial charge in [0, 0.05) is 24.3 Å². The van der Waals surface area contributed by atoms with E-state index in [1.54, 1.807) is 0 Å². The Balaban J connectivity index is 1.44. The van der Waals surface area contributed by atoms with E-state index < -0.39 is 0 Å². The van der Waals surface area contributed by atoms with Crippen molar-refractivity contribution >= 4 is 11.0 Å². The molecule has 3 heterocycles. The predicted octanol–water partition coefficient (Wildman–Crippen LogP) is 2.38. The predicted molar refractivity (Wildman–Crippen MR) is 82.6 cm³/mol. The van der Waals surface area contributed by atoms with Gasteiger partial charge >= 0.3 is 0 Å². The number of nitrogens with zero attached hydrogens (tertiary/aromatic N) is 2. The Morgan fingerprint density at radius 1 is 1.40 bits per heavy atom. The summed E-state index contributed by atoms with van der Waals surface area (Å²) in [4.78, 5) is 9.98. The summed E-state index contributed by atoms with van der Waals surface area (Å²) in [6, 6.07) is 4.13. The Hall–Kier alpha value is -1.39. The van der Waals surface area contributed by atoms with Crippen LogP contribution in [0.4, 0.5) is 0 Å². The number of fused-ring (bicyclic) bond motifs is 1. The van der Waals surface area contributed by atoms with Gasteiger partial charge in [0.1, 0.15) is 5.65 Å². The average molecular weight is 272 g/mol. The molecule has 2 N–H and O–H groups in total. The summed E-state index contributed by atoms with van der Waals surface area (Å²) in [5.41, 5.74) is 2.30. The second-order valence-electron chi connectivity index (χ2n) is 5.93. The fourth-order valence-electron chi connectivity index (χ4n) is 3.04. The smallest absolute Gasteiger partial charge is 0.137 e. The van der Waals surface area contributed by atoms with Crippen LogP contribution in [-0.2, 0) is 6.54 Å². The molecule has 0 aliphatic carbocycles. The van der Waals surface area contributed by atoms with Crippen LogP contribution in [0, 0.1) is 5.92 Å². The molecule has 108 valence electrons. The van der Waals surface area contributed by atoms with Crippen LogP contribution in [0.15, 0.2) is 24.5 Å². The zero-order valence-electron chi connectivity index (χ0n) is 12.2. The molecule has 1 aliphatic heterocycles. The summed E-state index contributed by atoms with van der Waals surface area (Å²) in [5.74, 6) is 0.906. The van der Waals surface area contributed by atoms with Crippen molar-refractivity contribution in [1.29, 1.82) is 0 Å². The highest BCUT2D eigenvalue weighted by Gasteiger charge is 2.15. The third-order valence-corrected chi connectivity index (χ3v) is 4.42. The maximum absolute atomic E-state index is 4.32. The minimum absolute atomic E-state index is 0.906. The lowest BCUT2D eigenvalue weighted by Gasteiger charge is -2.28. The summed E-state index contributed by atoms with van der Waals surface area (Å²) < 4.78 is 0. The van der Waals surface area contributed by atoms with Gasteiger partial charge in [-0.2, -0.15) is 0 Å². The normalized spacial score (nSPS) is 17.9. The van der Waals surface area contributed by atoms with Gasteiger partial charge in [-0.15, -0.1) is 0 Å². The molecular formula is C16H24N4. The van der Waals surface area contributed by atoms with Crippen LogP contribution in [0.25, 0.3) is 11.0 Å².